The van der Waals surface area contributed by atoms with E-state index in [9.17, 15) is 29.4 Å². The number of fused-ring (bicyclic) bond motifs is 1. The number of aromatic amines is 1. The number of carbonyl (C=O) groups is 4. The maximum absolute atomic E-state index is 13.1. The van der Waals surface area contributed by atoms with E-state index in [0.29, 0.717) is 31.4 Å². The molecule has 5 atom stereocenters. The Morgan fingerprint density at radius 2 is 1.70 bits per heavy atom. The van der Waals surface area contributed by atoms with Crippen LogP contribution in [0, 0.1) is 0 Å². The van der Waals surface area contributed by atoms with E-state index in [-0.39, 0.29) is 12.2 Å². The molecular weight excluding hydrogens is 500 g/mol. The van der Waals surface area contributed by atoms with Gasteiger partial charge in [0, 0.05) is 29.3 Å². The Bertz CT molecular complexity index is 1080. The number of nitrogens with one attached hydrogen (secondary N) is 4. The van der Waals surface area contributed by atoms with Gasteiger partial charge in [0.25, 0.3) is 0 Å². The van der Waals surface area contributed by atoms with Gasteiger partial charge >= 0.3 is 5.97 Å². The van der Waals surface area contributed by atoms with Crippen LogP contribution in [-0.2, 0) is 25.6 Å². The van der Waals surface area contributed by atoms with E-state index >= 15 is 0 Å². The van der Waals surface area contributed by atoms with Gasteiger partial charge in [-0.1, -0.05) is 24.6 Å². The molecule has 1 heterocycles. The minimum Gasteiger partial charge on any atom is -0.480 e. The Balaban J connectivity index is 2.23. The Morgan fingerprint density at radius 1 is 1.03 bits per heavy atom. The van der Waals surface area contributed by atoms with Gasteiger partial charge in [-0.05, 0) is 37.9 Å². The first-order valence-electron chi connectivity index (χ1n) is 12.0. The molecular formula is C24H36N6O6S. The van der Waals surface area contributed by atoms with Crippen LogP contribution >= 0.6 is 12.6 Å². The predicted octanol–water partition coefficient (Wildman–Crippen LogP) is -0.984. The van der Waals surface area contributed by atoms with Gasteiger partial charge in [-0.15, -0.1) is 0 Å². The van der Waals surface area contributed by atoms with Crippen molar-refractivity contribution in [1.29, 1.82) is 0 Å². The monoisotopic (exact) mass is 536 g/mol. The summed E-state index contributed by atoms with van der Waals surface area (Å²) in [4.78, 5) is 53.2. The summed E-state index contributed by atoms with van der Waals surface area (Å²) in [5.41, 5.74) is 12.9. The number of aromatic nitrogens is 1. The third kappa shape index (κ3) is 8.74. The normalized spacial score (nSPS) is 15.3. The molecule has 0 fully saturated rings. The smallest absolute Gasteiger partial charge is 0.327 e. The maximum Gasteiger partial charge on any atom is 0.327 e. The van der Waals surface area contributed by atoms with Gasteiger partial charge in [0.05, 0.1) is 12.1 Å². The second-order valence-electron chi connectivity index (χ2n) is 8.82. The van der Waals surface area contributed by atoms with Crippen LogP contribution in [0.25, 0.3) is 10.9 Å². The van der Waals surface area contributed by atoms with Crippen LogP contribution in [0.15, 0.2) is 30.5 Å². The highest BCUT2D eigenvalue weighted by atomic mass is 32.1. The molecule has 0 aliphatic heterocycles. The maximum atomic E-state index is 13.1. The first kappa shape index (κ1) is 30.1. The molecule has 0 aliphatic carbocycles. The fourth-order valence-corrected chi connectivity index (χ4v) is 4.00. The fourth-order valence-electron chi connectivity index (χ4n) is 3.75. The number of aliphatic hydroxyl groups is 1. The average molecular weight is 537 g/mol. The number of amides is 3. The zero-order chi connectivity index (χ0) is 27.5. The van der Waals surface area contributed by atoms with Crippen molar-refractivity contribution in [3.8, 4) is 0 Å². The molecule has 0 aliphatic rings. The lowest BCUT2D eigenvalue weighted by Crippen LogP contribution is -2.60. The third-order valence-electron chi connectivity index (χ3n) is 5.90. The number of unbranched alkanes of at least 4 members (excludes halogenated alkanes) is 1. The van der Waals surface area contributed by atoms with Crippen molar-refractivity contribution in [2.45, 2.75) is 62.9 Å². The zero-order valence-corrected chi connectivity index (χ0v) is 21.5. The second-order valence-corrected chi connectivity index (χ2v) is 9.19. The van der Waals surface area contributed by atoms with Gasteiger partial charge in [-0.2, -0.15) is 12.6 Å². The molecule has 204 valence electrons. The zero-order valence-electron chi connectivity index (χ0n) is 20.6. The Kier molecular flexibility index (Phi) is 11.9. The molecule has 1 aromatic heterocycles. The van der Waals surface area contributed by atoms with Gasteiger partial charge in [0.2, 0.25) is 17.7 Å². The second kappa shape index (κ2) is 14.6. The van der Waals surface area contributed by atoms with Gasteiger partial charge in [0.15, 0.2) is 0 Å². The molecule has 10 N–H and O–H groups in total. The summed E-state index contributed by atoms with van der Waals surface area (Å²) in [6.07, 6.45) is 2.07. The standard InChI is InChI=1S/C24H36N6O6S/c1-13(31)20(30-21(32)16(26)7-4-5-9-25)23(34)28-18(22(33)29-19(12-37)24(35)36)10-14-11-27-17-8-3-2-6-15(14)17/h2-3,6,8,11,13,16,18-20,27,31,37H,4-5,7,9-10,12,25-26H2,1H3,(H,28,34)(H,29,33)(H,30,32)(H,35,36). The molecule has 0 saturated heterocycles. The summed E-state index contributed by atoms with van der Waals surface area (Å²) in [5.74, 6) is -3.65. The van der Waals surface area contributed by atoms with Crippen LogP contribution in [-0.4, -0.2) is 81.5 Å². The van der Waals surface area contributed by atoms with Crippen molar-refractivity contribution in [2.75, 3.05) is 12.3 Å². The van der Waals surface area contributed by atoms with E-state index in [2.05, 4.69) is 33.6 Å². The van der Waals surface area contributed by atoms with E-state index in [0.717, 1.165) is 10.9 Å². The van der Waals surface area contributed by atoms with Gasteiger partial charge in [-0.25, -0.2) is 4.79 Å². The number of aliphatic carboxylic acids is 1. The summed E-state index contributed by atoms with van der Waals surface area (Å²) in [7, 11) is 0. The van der Waals surface area contributed by atoms with E-state index in [1.54, 1.807) is 6.20 Å². The van der Waals surface area contributed by atoms with Crippen molar-refractivity contribution >= 4 is 47.2 Å². The van der Waals surface area contributed by atoms with Crippen LogP contribution in [0.4, 0.5) is 0 Å². The number of para-hydroxylation sites is 1. The number of hydrogen-bond acceptors (Lipinski definition) is 8. The number of carbonyl (C=O) groups excluding carboxylic acids is 3. The molecule has 2 aromatic rings. The minimum absolute atomic E-state index is 0.0135. The number of hydrogen-bond donors (Lipinski definition) is 9. The number of benzene rings is 1. The van der Waals surface area contributed by atoms with Gasteiger partial charge < -0.3 is 42.6 Å². The highest BCUT2D eigenvalue weighted by Crippen LogP contribution is 2.19. The van der Waals surface area contributed by atoms with Crippen LogP contribution in [0.2, 0.25) is 0 Å². The van der Waals surface area contributed by atoms with Crippen molar-refractivity contribution in [3.05, 3.63) is 36.0 Å². The molecule has 37 heavy (non-hydrogen) atoms. The minimum atomic E-state index is -1.40. The summed E-state index contributed by atoms with van der Waals surface area (Å²) in [6.45, 7) is 1.78. The summed E-state index contributed by atoms with van der Waals surface area (Å²) >= 11 is 3.96. The number of rotatable bonds is 15. The molecule has 0 spiro atoms. The highest BCUT2D eigenvalue weighted by Gasteiger charge is 2.32. The molecule has 5 unspecified atom stereocenters. The first-order chi connectivity index (χ1) is 17.6. The summed E-state index contributed by atoms with van der Waals surface area (Å²) < 4.78 is 0. The Hall–Kier alpha value is -3.13. The van der Waals surface area contributed by atoms with Gasteiger partial charge in [-0.3, -0.25) is 14.4 Å². The Labute approximate surface area is 220 Å². The number of aliphatic hydroxyl groups excluding tert-OH is 1. The quantitative estimate of drug-likeness (QED) is 0.102. The van der Waals surface area contributed by atoms with Crippen molar-refractivity contribution < 1.29 is 29.4 Å². The van der Waals surface area contributed by atoms with E-state index in [4.69, 9.17) is 11.5 Å². The third-order valence-corrected chi connectivity index (χ3v) is 6.26. The number of H-pyrrole nitrogens is 1. The Morgan fingerprint density at radius 3 is 2.32 bits per heavy atom. The molecule has 2 rings (SSSR count). The summed E-state index contributed by atoms with van der Waals surface area (Å²) in [5, 5.41) is 27.7. The SMILES string of the molecule is CC(O)C(NC(=O)C(N)CCCCN)C(=O)NC(Cc1c[nH]c2ccccc12)C(=O)NC(CS)C(=O)O. The van der Waals surface area contributed by atoms with Gasteiger partial charge in [0.1, 0.15) is 18.1 Å². The van der Waals surface area contributed by atoms with Crippen LogP contribution in [0.5, 0.6) is 0 Å². The predicted molar refractivity (Wildman–Crippen MR) is 142 cm³/mol. The van der Waals surface area contributed by atoms with Crippen LogP contribution in [0.1, 0.15) is 31.7 Å². The molecule has 1 aromatic carbocycles. The van der Waals surface area contributed by atoms with Crippen LogP contribution < -0.4 is 27.4 Å². The highest BCUT2D eigenvalue weighted by molar-refractivity contribution is 7.80. The molecule has 0 bridgehead atoms. The lowest BCUT2D eigenvalue weighted by atomic mass is 10.0. The molecule has 0 radical (unpaired) electrons. The van der Waals surface area contributed by atoms with Crippen molar-refractivity contribution in [2.24, 2.45) is 11.5 Å². The number of carboxylic acids is 1. The van der Waals surface area contributed by atoms with E-state index in [1.165, 1.54) is 6.92 Å². The lowest BCUT2D eigenvalue weighted by Gasteiger charge is -2.26. The first-order valence-corrected chi connectivity index (χ1v) is 12.7. The molecule has 0 saturated carbocycles. The fraction of sp³-hybridized carbons (Fsp3) is 0.500. The number of carboxylic acid groups (broad SMARTS) is 1. The molecule has 13 heteroatoms. The van der Waals surface area contributed by atoms with E-state index in [1.807, 2.05) is 24.3 Å². The van der Waals surface area contributed by atoms with Crippen molar-refractivity contribution in [3.63, 3.8) is 0 Å². The lowest BCUT2D eigenvalue weighted by molar-refractivity contribution is -0.141. The molecule has 3 amide bonds. The number of nitrogens with two attached hydrogens (primary N) is 2. The van der Waals surface area contributed by atoms with Crippen LogP contribution in [0.3, 0.4) is 0 Å². The van der Waals surface area contributed by atoms with E-state index < -0.39 is 54.0 Å². The number of thiol groups is 1. The summed E-state index contributed by atoms with van der Waals surface area (Å²) in [6, 6.07) is 2.56. The molecule has 12 nitrogen and oxygen atoms in total. The topological polar surface area (TPSA) is 213 Å². The van der Waals surface area contributed by atoms with Crippen molar-refractivity contribution in [1.82, 2.24) is 20.9 Å². The average Bonchev–Trinajstić information content (AvgIpc) is 3.27. The largest absolute Gasteiger partial charge is 0.480 e.